The van der Waals surface area contributed by atoms with Gasteiger partial charge in [0, 0.05) is 17.2 Å². The maximum absolute atomic E-state index is 12.4. The summed E-state index contributed by atoms with van der Waals surface area (Å²) in [6.45, 7) is 3.23. The van der Waals surface area contributed by atoms with E-state index in [0.717, 1.165) is 12.1 Å². The summed E-state index contributed by atoms with van der Waals surface area (Å²) in [6, 6.07) is 6.41. The van der Waals surface area contributed by atoms with Crippen molar-refractivity contribution in [3.63, 3.8) is 0 Å². The number of nitrogens with zero attached hydrogens (tertiary/aromatic N) is 1. The van der Waals surface area contributed by atoms with Crippen LogP contribution in [0.25, 0.3) is 0 Å². The predicted octanol–water partition coefficient (Wildman–Crippen LogP) is 1.51. The lowest BCUT2D eigenvalue weighted by molar-refractivity contribution is -0.148. The van der Waals surface area contributed by atoms with Crippen LogP contribution in [0.15, 0.2) is 41.3 Å². The molecule has 1 heterocycles. The zero-order valence-electron chi connectivity index (χ0n) is 13.4. The van der Waals surface area contributed by atoms with Crippen molar-refractivity contribution in [3.05, 3.63) is 41.4 Å². The minimum atomic E-state index is -4.01. The van der Waals surface area contributed by atoms with Gasteiger partial charge in [-0.15, -0.1) is 4.73 Å². The van der Waals surface area contributed by atoms with Gasteiger partial charge in [-0.3, -0.25) is 0 Å². The first-order valence-electron chi connectivity index (χ1n) is 7.21. The van der Waals surface area contributed by atoms with Gasteiger partial charge in [0.15, 0.2) is 0 Å². The minimum absolute atomic E-state index is 0.0676. The average molecular weight is 389 g/mol. The molecule has 0 aliphatic carbocycles. The molecule has 10 heteroatoms. The number of benzene rings is 1. The molecule has 0 saturated heterocycles. The number of aromatic nitrogens is 1. The molecule has 0 aliphatic heterocycles. The third-order valence-corrected chi connectivity index (χ3v) is 5.01. The Kier molecular flexibility index (Phi) is 5.61. The van der Waals surface area contributed by atoms with Gasteiger partial charge in [-0.05, 0) is 30.2 Å². The molecule has 25 heavy (non-hydrogen) atoms. The first kappa shape index (κ1) is 19.1. The summed E-state index contributed by atoms with van der Waals surface area (Å²) in [7, 11) is -4.01. The monoisotopic (exact) mass is 388 g/mol. The van der Waals surface area contributed by atoms with Gasteiger partial charge in [-0.25, -0.2) is 13.2 Å². The number of halogens is 1. The van der Waals surface area contributed by atoms with Crippen LogP contribution in [0.2, 0.25) is 5.02 Å². The maximum atomic E-state index is 12.4. The van der Waals surface area contributed by atoms with Crippen LogP contribution in [0.4, 0.5) is 0 Å². The fourth-order valence-electron chi connectivity index (χ4n) is 1.95. The van der Waals surface area contributed by atoms with E-state index in [2.05, 4.69) is 4.72 Å². The van der Waals surface area contributed by atoms with E-state index in [1.54, 1.807) is 13.8 Å². The molecule has 136 valence electrons. The lowest BCUT2D eigenvalue weighted by Crippen LogP contribution is -2.47. The Balaban J connectivity index is 2.23. The number of aromatic hydroxyl groups is 2. The topological polar surface area (TPSA) is 118 Å². The molecule has 0 aliphatic rings. The van der Waals surface area contributed by atoms with Crippen LogP contribution >= 0.6 is 11.6 Å². The summed E-state index contributed by atoms with van der Waals surface area (Å²) >= 11 is 5.74. The van der Waals surface area contributed by atoms with Gasteiger partial charge in [0.1, 0.15) is 6.04 Å². The molecule has 1 aromatic heterocycles. The standard InChI is InChI=1S/C15H17ClN2O6S/c1-9(2)14(15(21)24-18-12(19)7-8-13(18)20)17-25(22,23)11-5-3-10(16)4-6-11/h3-9,14,17,19-20H,1-2H3/t14-/m0/s1. The van der Waals surface area contributed by atoms with Crippen LogP contribution in [0.1, 0.15) is 13.8 Å². The summed E-state index contributed by atoms with van der Waals surface area (Å²) < 4.78 is 27.6. The molecule has 2 aromatic rings. The molecule has 2 rings (SSSR count). The van der Waals surface area contributed by atoms with Gasteiger partial charge in [-0.1, -0.05) is 25.4 Å². The van der Waals surface area contributed by atoms with E-state index in [9.17, 15) is 23.4 Å². The smallest absolute Gasteiger partial charge is 0.351 e. The predicted molar refractivity (Wildman–Crippen MR) is 89.7 cm³/mol. The van der Waals surface area contributed by atoms with Crippen molar-refractivity contribution in [3.8, 4) is 11.8 Å². The fraction of sp³-hybridized carbons (Fsp3) is 0.267. The largest absolute Gasteiger partial charge is 0.492 e. The fourth-order valence-corrected chi connectivity index (χ4v) is 3.41. The highest BCUT2D eigenvalue weighted by Crippen LogP contribution is 2.20. The number of rotatable bonds is 6. The highest BCUT2D eigenvalue weighted by molar-refractivity contribution is 7.89. The van der Waals surface area contributed by atoms with Crippen molar-refractivity contribution in [1.82, 2.24) is 9.45 Å². The first-order chi connectivity index (χ1) is 11.6. The molecule has 0 saturated carbocycles. The van der Waals surface area contributed by atoms with Crippen LogP contribution in [0, 0.1) is 5.92 Å². The summed E-state index contributed by atoms with van der Waals surface area (Å²) in [5.41, 5.74) is 0. The van der Waals surface area contributed by atoms with Crippen LogP contribution in [0.5, 0.6) is 11.8 Å². The highest BCUT2D eigenvalue weighted by atomic mass is 35.5. The number of sulfonamides is 1. The number of carbonyl (C=O) groups is 1. The molecule has 1 aromatic carbocycles. The molecule has 0 bridgehead atoms. The van der Waals surface area contributed by atoms with Crippen LogP contribution < -0.4 is 9.56 Å². The van der Waals surface area contributed by atoms with E-state index in [-0.39, 0.29) is 4.90 Å². The third kappa shape index (κ3) is 4.44. The van der Waals surface area contributed by atoms with E-state index in [4.69, 9.17) is 16.4 Å². The SMILES string of the molecule is CC(C)[C@H](NS(=O)(=O)c1ccc(Cl)cc1)C(=O)On1c(O)ccc1O. The van der Waals surface area contributed by atoms with Gasteiger partial charge in [0.2, 0.25) is 21.8 Å². The lowest BCUT2D eigenvalue weighted by Gasteiger charge is -2.20. The van der Waals surface area contributed by atoms with Crippen molar-refractivity contribution in [2.75, 3.05) is 0 Å². The quantitative estimate of drug-likeness (QED) is 0.690. The van der Waals surface area contributed by atoms with Gasteiger partial charge < -0.3 is 15.1 Å². The highest BCUT2D eigenvalue weighted by Gasteiger charge is 2.31. The zero-order chi connectivity index (χ0) is 18.8. The Morgan fingerprint density at radius 2 is 1.64 bits per heavy atom. The summed E-state index contributed by atoms with van der Waals surface area (Å²) in [6.07, 6.45) is 0. The average Bonchev–Trinajstić information content (AvgIpc) is 2.84. The van der Waals surface area contributed by atoms with Gasteiger partial charge in [-0.2, -0.15) is 4.72 Å². The van der Waals surface area contributed by atoms with E-state index >= 15 is 0 Å². The van der Waals surface area contributed by atoms with Crippen LogP contribution in [0.3, 0.4) is 0 Å². The van der Waals surface area contributed by atoms with Crippen molar-refractivity contribution in [2.45, 2.75) is 24.8 Å². The van der Waals surface area contributed by atoms with E-state index < -0.39 is 39.7 Å². The molecule has 0 spiro atoms. The molecular weight excluding hydrogens is 372 g/mol. The van der Waals surface area contributed by atoms with Gasteiger partial charge in [0.05, 0.1) is 4.90 Å². The summed E-state index contributed by atoms with van der Waals surface area (Å²) in [4.78, 5) is 17.1. The van der Waals surface area contributed by atoms with Crippen molar-refractivity contribution in [1.29, 1.82) is 0 Å². The number of nitrogens with one attached hydrogen (secondary N) is 1. The molecule has 0 radical (unpaired) electrons. The second-order valence-electron chi connectivity index (χ2n) is 5.55. The lowest BCUT2D eigenvalue weighted by atomic mass is 10.1. The Hall–Kier alpha value is -2.23. The summed E-state index contributed by atoms with van der Waals surface area (Å²) in [5, 5.41) is 19.4. The second-order valence-corrected chi connectivity index (χ2v) is 7.70. The molecular formula is C15H17ClN2O6S. The molecule has 0 unspecified atom stereocenters. The number of carbonyl (C=O) groups excluding carboxylic acids is 1. The molecule has 8 nitrogen and oxygen atoms in total. The Bertz CT molecular complexity index is 841. The van der Waals surface area contributed by atoms with Crippen molar-refractivity contribution >= 4 is 27.6 Å². The number of hydrogen-bond donors (Lipinski definition) is 3. The van der Waals surface area contributed by atoms with Crippen LogP contribution in [-0.4, -0.2) is 35.4 Å². The normalized spacial score (nSPS) is 13.0. The van der Waals surface area contributed by atoms with Crippen molar-refractivity contribution < 1.29 is 28.3 Å². The second kappa shape index (κ2) is 7.34. The third-order valence-electron chi connectivity index (χ3n) is 3.31. The van der Waals surface area contributed by atoms with E-state index in [0.29, 0.717) is 9.75 Å². The Labute approximate surface area is 149 Å². The van der Waals surface area contributed by atoms with Crippen molar-refractivity contribution in [2.24, 2.45) is 5.92 Å². The Morgan fingerprint density at radius 3 is 2.12 bits per heavy atom. The Morgan fingerprint density at radius 1 is 1.12 bits per heavy atom. The van der Waals surface area contributed by atoms with E-state index in [1.807, 2.05) is 0 Å². The molecule has 0 fully saturated rings. The van der Waals surface area contributed by atoms with Crippen LogP contribution in [-0.2, 0) is 14.8 Å². The minimum Gasteiger partial charge on any atom is -0.492 e. The molecule has 0 amide bonds. The zero-order valence-corrected chi connectivity index (χ0v) is 15.0. The molecule has 3 N–H and O–H groups in total. The molecule has 1 atom stereocenters. The summed E-state index contributed by atoms with van der Waals surface area (Å²) in [5.74, 6) is -2.47. The van der Waals surface area contributed by atoms with E-state index in [1.165, 1.54) is 24.3 Å². The maximum Gasteiger partial charge on any atom is 0.351 e. The number of hydrogen-bond acceptors (Lipinski definition) is 6. The van der Waals surface area contributed by atoms with Gasteiger partial charge in [0.25, 0.3) is 0 Å². The van der Waals surface area contributed by atoms with Gasteiger partial charge >= 0.3 is 5.97 Å². The first-order valence-corrected chi connectivity index (χ1v) is 9.07.